The van der Waals surface area contributed by atoms with Crippen LogP contribution in [0.5, 0.6) is 0 Å². The Morgan fingerprint density at radius 3 is 2.95 bits per heavy atom. The standard InChI is InChI=1S/C17H22O4/c1-4-19-17(18)8-6-14-9-12(2)5-7-16(14)13(3)20-10-15-11-21-15/h5-9,13,15H,4,10-11H2,1-3H3/b8-6+/t13-,15?/m1/s1. The molecule has 1 aromatic rings. The van der Waals surface area contributed by atoms with Crippen LogP contribution < -0.4 is 0 Å². The minimum Gasteiger partial charge on any atom is -0.463 e. The number of carbonyl (C=O) groups is 1. The maximum atomic E-state index is 11.4. The number of carbonyl (C=O) groups excluding carboxylic acids is 1. The van der Waals surface area contributed by atoms with Crippen LogP contribution in [-0.2, 0) is 19.0 Å². The SMILES string of the molecule is CCOC(=O)/C=C/c1cc(C)ccc1[C@@H](C)OCC1CO1. The Morgan fingerprint density at radius 1 is 1.52 bits per heavy atom. The number of epoxide rings is 1. The molecule has 2 atom stereocenters. The molecule has 1 fully saturated rings. The first-order chi connectivity index (χ1) is 10.1. The van der Waals surface area contributed by atoms with E-state index in [4.69, 9.17) is 14.2 Å². The van der Waals surface area contributed by atoms with Crippen LogP contribution in [-0.4, -0.2) is 31.9 Å². The molecule has 1 aromatic carbocycles. The third-order valence-corrected chi connectivity index (χ3v) is 3.30. The van der Waals surface area contributed by atoms with E-state index in [0.29, 0.717) is 13.2 Å². The Bertz CT molecular complexity index is 518. The highest BCUT2D eigenvalue weighted by Crippen LogP contribution is 2.25. The van der Waals surface area contributed by atoms with E-state index in [-0.39, 0.29) is 18.2 Å². The third-order valence-electron chi connectivity index (χ3n) is 3.30. The maximum Gasteiger partial charge on any atom is 0.330 e. The molecule has 4 nitrogen and oxygen atoms in total. The monoisotopic (exact) mass is 290 g/mol. The largest absolute Gasteiger partial charge is 0.463 e. The van der Waals surface area contributed by atoms with E-state index in [1.54, 1.807) is 13.0 Å². The second kappa shape index (κ2) is 7.38. The minimum atomic E-state index is -0.329. The fraction of sp³-hybridized carbons (Fsp3) is 0.471. The van der Waals surface area contributed by atoms with Crippen LogP contribution in [0.25, 0.3) is 6.08 Å². The molecule has 4 heteroatoms. The van der Waals surface area contributed by atoms with E-state index in [2.05, 4.69) is 0 Å². The van der Waals surface area contributed by atoms with Gasteiger partial charge >= 0.3 is 5.97 Å². The molecule has 0 saturated carbocycles. The van der Waals surface area contributed by atoms with E-state index >= 15 is 0 Å². The van der Waals surface area contributed by atoms with Crippen LogP contribution in [0, 0.1) is 6.92 Å². The third kappa shape index (κ3) is 4.99. The molecule has 1 unspecified atom stereocenters. The fourth-order valence-corrected chi connectivity index (χ4v) is 2.06. The van der Waals surface area contributed by atoms with Gasteiger partial charge in [0.15, 0.2) is 0 Å². The average Bonchev–Trinajstić information content (AvgIpc) is 3.27. The van der Waals surface area contributed by atoms with Crippen molar-refractivity contribution < 1.29 is 19.0 Å². The van der Waals surface area contributed by atoms with E-state index in [9.17, 15) is 4.79 Å². The number of rotatable bonds is 7. The Labute approximate surface area is 125 Å². The zero-order valence-electron chi connectivity index (χ0n) is 12.8. The predicted octanol–water partition coefficient (Wildman–Crippen LogP) is 3.05. The van der Waals surface area contributed by atoms with Gasteiger partial charge in [-0.1, -0.05) is 23.8 Å². The molecular weight excluding hydrogens is 268 g/mol. The molecular formula is C17H22O4. The molecule has 1 saturated heterocycles. The fourth-order valence-electron chi connectivity index (χ4n) is 2.06. The Hall–Kier alpha value is -1.65. The topological polar surface area (TPSA) is 48.1 Å². The van der Waals surface area contributed by atoms with Crippen molar-refractivity contribution in [2.75, 3.05) is 19.8 Å². The molecule has 114 valence electrons. The van der Waals surface area contributed by atoms with Crippen LogP contribution in [0.2, 0.25) is 0 Å². The van der Waals surface area contributed by atoms with Crippen molar-refractivity contribution in [1.82, 2.24) is 0 Å². The number of hydrogen-bond donors (Lipinski definition) is 0. The van der Waals surface area contributed by atoms with Crippen molar-refractivity contribution in [3.8, 4) is 0 Å². The molecule has 0 bridgehead atoms. The van der Waals surface area contributed by atoms with Crippen LogP contribution in [0.15, 0.2) is 24.3 Å². The molecule has 1 aliphatic rings. The van der Waals surface area contributed by atoms with Gasteiger partial charge < -0.3 is 14.2 Å². The van der Waals surface area contributed by atoms with Gasteiger partial charge in [-0.05, 0) is 38.0 Å². The van der Waals surface area contributed by atoms with Crippen molar-refractivity contribution in [3.63, 3.8) is 0 Å². The highest BCUT2D eigenvalue weighted by molar-refractivity contribution is 5.87. The van der Waals surface area contributed by atoms with Crippen LogP contribution in [0.4, 0.5) is 0 Å². The summed E-state index contributed by atoms with van der Waals surface area (Å²) in [6.07, 6.45) is 3.44. The van der Waals surface area contributed by atoms with Crippen molar-refractivity contribution in [2.45, 2.75) is 33.0 Å². The van der Waals surface area contributed by atoms with Crippen molar-refractivity contribution in [2.24, 2.45) is 0 Å². The van der Waals surface area contributed by atoms with Gasteiger partial charge in [-0.3, -0.25) is 0 Å². The molecule has 0 aliphatic carbocycles. The first-order valence-electron chi connectivity index (χ1n) is 7.28. The highest BCUT2D eigenvalue weighted by Gasteiger charge is 2.24. The van der Waals surface area contributed by atoms with Gasteiger partial charge in [0.2, 0.25) is 0 Å². The normalized spacial score (nSPS) is 18.7. The Morgan fingerprint density at radius 2 is 2.29 bits per heavy atom. The van der Waals surface area contributed by atoms with E-state index < -0.39 is 0 Å². The molecule has 1 heterocycles. The van der Waals surface area contributed by atoms with E-state index in [1.807, 2.05) is 32.0 Å². The summed E-state index contributed by atoms with van der Waals surface area (Å²) in [4.78, 5) is 11.4. The number of hydrogen-bond acceptors (Lipinski definition) is 4. The lowest BCUT2D eigenvalue weighted by Gasteiger charge is -2.16. The Balaban J connectivity index is 2.09. The summed E-state index contributed by atoms with van der Waals surface area (Å²) < 4.78 is 15.9. The number of aryl methyl sites for hydroxylation is 1. The molecule has 2 rings (SSSR count). The second-order valence-electron chi connectivity index (χ2n) is 5.15. The van der Waals surface area contributed by atoms with Crippen LogP contribution in [0.3, 0.4) is 0 Å². The molecule has 0 spiro atoms. The maximum absolute atomic E-state index is 11.4. The van der Waals surface area contributed by atoms with Gasteiger partial charge in [-0.25, -0.2) is 4.79 Å². The summed E-state index contributed by atoms with van der Waals surface area (Å²) in [6.45, 7) is 7.60. The van der Waals surface area contributed by atoms with Gasteiger partial charge in [-0.15, -0.1) is 0 Å². The molecule has 0 amide bonds. The molecule has 21 heavy (non-hydrogen) atoms. The van der Waals surface area contributed by atoms with E-state index in [1.165, 1.54) is 6.08 Å². The number of benzene rings is 1. The quantitative estimate of drug-likeness (QED) is 0.440. The Kier molecular flexibility index (Phi) is 5.53. The predicted molar refractivity (Wildman–Crippen MR) is 81.0 cm³/mol. The first kappa shape index (κ1) is 15.7. The minimum absolute atomic E-state index is 0.0448. The lowest BCUT2D eigenvalue weighted by atomic mass is 10.00. The van der Waals surface area contributed by atoms with Crippen molar-refractivity contribution in [3.05, 3.63) is 41.0 Å². The summed E-state index contributed by atoms with van der Waals surface area (Å²) in [5, 5.41) is 0. The van der Waals surface area contributed by atoms with Crippen molar-refractivity contribution in [1.29, 1.82) is 0 Å². The summed E-state index contributed by atoms with van der Waals surface area (Å²) in [5.74, 6) is -0.329. The van der Waals surface area contributed by atoms with Crippen LogP contribution in [0.1, 0.15) is 36.6 Å². The first-order valence-corrected chi connectivity index (χ1v) is 7.28. The lowest BCUT2D eigenvalue weighted by Crippen LogP contribution is -2.07. The number of ether oxygens (including phenoxy) is 3. The molecule has 0 radical (unpaired) electrons. The second-order valence-corrected chi connectivity index (χ2v) is 5.15. The molecule has 0 aromatic heterocycles. The summed E-state index contributed by atoms with van der Waals surface area (Å²) in [7, 11) is 0. The molecule has 1 aliphatic heterocycles. The van der Waals surface area contributed by atoms with E-state index in [0.717, 1.165) is 23.3 Å². The summed E-state index contributed by atoms with van der Waals surface area (Å²) in [6, 6.07) is 6.13. The summed E-state index contributed by atoms with van der Waals surface area (Å²) >= 11 is 0. The van der Waals surface area contributed by atoms with Crippen LogP contribution >= 0.6 is 0 Å². The molecule has 0 N–H and O–H groups in total. The zero-order valence-corrected chi connectivity index (χ0v) is 12.8. The highest BCUT2D eigenvalue weighted by atomic mass is 16.6. The smallest absolute Gasteiger partial charge is 0.330 e. The van der Waals surface area contributed by atoms with Gasteiger partial charge in [-0.2, -0.15) is 0 Å². The van der Waals surface area contributed by atoms with Crippen molar-refractivity contribution >= 4 is 12.0 Å². The van der Waals surface area contributed by atoms with Gasteiger partial charge in [0, 0.05) is 6.08 Å². The lowest BCUT2D eigenvalue weighted by molar-refractivity contribution is -0.137. The van der Waals surface area contributed by atoms with Gasteiger partial charge in [0.05, 0.1) is 25.9 Å². The van der Waals surface area contributed by atoms with Gasteiger partial charge in [0.25, 0.3) is 0 Å². The van der Waals surface area contributed by atoms with Gasteiger partial charge in [0.1, 0.15) is 6.10 Å². The zero-order chi connectivity index (χ0) is 15.2. The average molecular weight is 290 g/mol. The number of esters is 1. The summed E-state index contributed by atoms with van der Waals surface area (Å²) in [5.41, 5.74) is 3.18.